The maximum atomic E-state index is 9.90. The lowest BCUT2D eigenvalue weighted by Crippen LogP contribution is -2.32. The molecule has 21 heavy (non-hydrogen) atoms. The second-order valence-electron chi connectivity index (χ2n) is 4.69. The molecule has 0 aliphatic carbocycles. The minimum Gasteiger partial charge on any atom is -0.491 e. The summed E-state index contributed by atoms with van der Waals surface area (Å²) in [5.74, 6) is 1.40. The van der Waals surface area contributed by atoms with Crippen LogP contribution in [0.2, 0.25) is 10.0 Å². The number of nitrogens with one attached hydrogen (secondary N) is 1. The number of halogens is 2. The summed E-state index contributed by atoms with van der Waals surface area (Å²) >= 11 is 11.7. The molecule has 1 aromatic carbocycles. The first-order valence-corrected chi connectivity index (χ1v) is 7.34. The lowest BCUT2D eigenvalue weighted by atomic mass is 10.2. The van der Waals surface area contributed by atoms with Crippen LogP contribution in [0.5, 0.6) is 5.75 Å². The number of ether oxygens (including phenoxy) is 1. The van der Waals surface area contributed by atoms with Gasteiger partial charge in [0, 0.05) is 12.6 Å². The number of hydrogen-bond acceptors (Lipinski definition) is 4. The largest absolute Gasteiger partial charge is 0.491 e. The third kappa shape index (κ3) is 4.93. The number of aliphatic hydroxyl groups is 1. The maximum Gasteiger partial charge on any atom is 0.121 e. The summed E-state index contributed by atoms with van der Waals surface area (Å²) in [6.45, 7) is 2.52. The minimum atomic E-state index is -0.642. The van der Waals surface area contributed by atoms with Crippen LogP contribution in [0, 0.1) is 0 Å². The predicted molar refractivity (Wildman–Crippen MR) is 83.1 cm³/mol. The van der Waals surface area contributed by atoms with Crippen molar-refractivity contribution in [1.82, 2.24) is 5.32 Å². The Hall–Kier alpha value is -1.20. The fraction of sp³-hybridized carbons (Fsp3) is 0.333. The zero-order valence-electron chi connectivity index (χ0n) is 11.6. The van der Waals surface area contributed by atoms with Crippen LogP contribution in [-0.4, -0.2) is 24.4 Å². The second kappa shape index (κ2) is 7.71. The van der Waals surface area contributed by atoms with Crippen molar-refractivity contribution in [3.63, 3.8) is 0 Å². The first kappa shape index (κ1) is 16.2. The molecule has 2 atom stereocenters. The quantitative estimate of drug-likeness (QED) is 0.813. The van der Waals surface area contributed by atoms with E-state index in [0.717, 1.165) is 5.76 Å². The standard InChI is InChI=1S/C15H17Cl2NO3/c1-10(15-3-2-6-20-15)18-8-11(19)9-21-12-4-5-13(16)14(17)7-12/h2-7,10-11,18-19H,8-9H2,1H3. The first-order valence-electron chi connectivity index (χ1n) is 6.59. The summed E-state index contributed by atoms with van der Waals surface area (Å²) in [5, 5.41) is 14.0. The molecule has 114 valence electrons. The van der Waals surface area contributed by atoms with E-state index in [1.165, 1.54) is 0 Å². The van der Waals surface area contributed by atoms with E-state index < -0.39 is 6.10 Å². The molecule has 0 fully saturated rings. The number of rotatable bonds is 7. The van der Waals surface area contributed by atoms with Crippen LogP contribution in [0.25, 0.3) is 0 Å². The first-order chi connectivity index (χ1) is 10.1. The molecule has 2 aromatic rings. The molecule has 1 aromatic heterocycles. The van der Waals surface area contributed by atoms with Gasteiger partial charge in [0.2, 0.25) is 0 Å². The Balaban J connectivity index is 1.74. The molecule has 2 N–H and O–H groups in total. The van der Waals surface area contributed by atoms with Crippen molar-refractivity contribution >= 4 is 23.2 Å². The third-order valence-electron chi connectivity index (χ3n) is 2.96. The van der Waals surface area contributed by atoms with Crippen molar-refractivity contribution in [2.75, 3.05) is 13.2 Å². The molecule has 0 aliphatic rings. The van der Waals surface area contributed by atoms with E-state index in [0.29, 0.717) is 22.3 Å². The molecule has 0 bridgehead atoms. The molecule has 1 heterocycles. The normalized spacial score (nSPS) is 13.9. The average Bonchev–Trinajstić information content (AvgIpc) is 3.00. The van der Waals surface area contributed by atoms with Gasteiger partial charge >= 0.3 is 0 Å². The van der Waals surface area contributed by atoms with Crippen molar-refractivity contribution in [3.8, 4) is 5.75 Å². The van der Waals surface area contributed by atoms with Crippen molar-refractivity contribution in [2.45, 2.75) is 19.1 Å². The third-order valence-corrected chi connectivity index (χ3v) is 3.70. The summed E-state index contributed by atoms with van der Waals surface area (Å²) in [4.78, 5) is 0. The molecule has 0 amide bonds. The number of benzene rings is 1. The lowest BCUT2D eigenvalue weighted by molar-refractivity contribution is 0.103. The molecule has 2 rings (SSSR count). The summed E-state index contributed by atoms with van der Waals surface area (Å²) < 4.78 is 10.7. The molecule has 0 aliphatic heterocycles. The van der Waals surface area contributed by atoms with E-state index >= 15 is 0 Å². The van der Waals surface area contributed by atoms with Gasteiger partial charge in [0.1, 0.15) is 24.2 Å². The van der Waals surface area contributed by atoms with Gasteiger partial charge in [0.15, 0.2) is 0 Å². The van der Waals surface area contributed by atoms with Crippen molar-refractivity contribution in [2.24, 2.45) is 0 Å². The van der Waals surface area contributed by atoms with Crippen molar-refractivity contribution in [3.05, 3.63) is 52.4 Å². The molecular weight excluding hydrogens is 313 g/mol. The van der Waals surface area contributed by atoms with Crippen molar-refractivity contribution < 1.29 is 14.3 Å². The van der Waals surface area contributed by atoms with Gasteiger partial charge in [-0.2, -0.15) is 0 Å². The summed E-state index contributed by atoms with van der Waals surface area (Å²) in [6, 6.07) is 8.73. The SMILES string of the molecule is CC(NCC(O)COc1ccc(Cl)c(Cl)c1)c1ccco1. The Labute approximate surface area is 133 Å². The van der Waals surface area contributed by atoms with Crippen molar-refractivity contribution in [1.29, 1.82) is 0 Å². The zero-order valence-corrected chi connectivity index (χ0v) is 13.1. The van der Waals surface area contributed by atoms with Crippen LogP contribution >= 0.6 is 23.2 Å². The molecule has 0 radical (unpaired) electrons. The van der Waals surface area contributed by atoms with Crippen LogP contribution < -0.4 is 10.1 Å². The highest BCUT2D eigenvalue weighted by Gasteiger charge is 2.11. The highest BCUT2D eigenvalue weighted by Crippen LogP contribution is 2.26. The Morgan fingerprint density at radius 2 is 2.10 bits per heavy atom. The smallest absolute Gasteiger partial charge is 0.121 e. The van der Waals surface area contributed by atoms with Crippen LogP contribution in [0.3, 0.4) is 0 Å². The van der Waals surface area contributed by atoms with E-state index in [1.54, 1.807) is 24.5 Å². The van der Waals surface area contributed by atoms with Crippen LogP contribution in [0.4, 0.5) is 0 Å². The lowest BCUT2D eigenvalue weighted by Gasteiger charge is -2.16. The number of aliphatic hydroxyl groups excluding tert-OH is 1. The Morgan fingerprint density at radius 3 is 2.76 bits per heavy atom. The van der Waals surface area contributed by atoms with E-state index in [4.69, 9.17) is 32.4 Å². The van der Waals surface area contributed by atoms with Gasteiger partial charge in [-0.15, -0.1) is 0 Å². The molecule has 2 unspecified atom stereocenters. The minimum absolute atomic E-state index is 0.0274. The Kier molecular flexibility index (Phi) is 5.94. The Morgan fingerprint density at radius 1 is 1.29 bits per heavy atom. The summed E-state index contributed by atoms with van der Waals surface area (Å²) in [7, 11) is 0. The number of furan rings is 1. The van der Waals surface area contributed by atoms with Gasteiger partial charge in [0.05, 0.1) is 22.4 Å². The fourth-order valence-electron chi connectivity index (χ4n) is 1.77. The topological polar surface area (TPSA) is 54.6 Å². The maximum absolute atomic E-state index is 9.90. The van der Waals surface area contributed by atoms with E-state index in [-0.39, 0.29) is 12.6 Å². The average molecular weight is 330 g/mol. The highest BCUT2D eigenvalue weighted by atomic mass is 35.5. The zero-order chi connectivity index (χ0) is 15.2. The monoisotopic (exact) mass is 329 g/mol. The van der Waals surface area contributed by atoms with E-state index in [2.05, 4.69) is 5.32 Å². The van der Waals surface area contributed by atoms with Gasteiger partial charge in [-0.25, -0.2) is 0 Å². The highest BCUT2D eigenvalue weighted by molar-refractivity contribution is 6.42. The van der Waals surface area contributed by atoms with E-state index in [9.17, 15) is 5.11 Å². The molecule has 0 saturated carbocycles. The molecular formula is C15H17Cl2NO3. The van der Waals surface area contributed by atoms with Gasteiger partial charge < -0.3 is 19.6 Å². The molecule has 0 spiro atoms. The molecule has 0 saturated heterocycles. The number of hydrogen-bond donors (Lipinski definition) is 2. The fourth-order valence-corrected chi connectivity index (χ4v) is 2.06. The van der Waals surface area contributed by atoms with Gasteiger partial charge in [0.25, 0.3) is 0 Å². The summed E-state index contributed by atoms with van der Waals surface area (Å²) in [6.07, 6.45) is 0.981. The van der Waals surface area contributed by atoms with Crippen LogP contribution in [0.1, 0.15) is 18.7 Å². The second-order valence-corrected chi connectivity index (χ2v) is 5.50. The van der Waals surface area contributed by atoms with Gasteiger partial charge in [-0.05, 0) is 31.2 Å². The molecule has 4 nitrogen and oxygen atoms in total. The van der Waals surface area contributed by atoms with Crippen LogP contribution in [-0.2, 0) is 0 Å². The Bertz CT molecular complexity index is 560. The van der Waals surface area contributed by atoms with Crippen LogP contribution in [0.15, 0.2) is 41.0 Å². The van der Waals surface area contributed by atoms with Gasteiger partial charge in [-0.1, -0.05) is 23.2 Å². The summed E-state index contributed by atoms with van der Waals surface area (Å²) in [5.41, 5.74) is 0. The van der Waals surface area contributed by atoms with Gasteiger partial charge in [-0.3, -0.25) is 0 Å². The molecule has 6 heteroatoms. The van der Waals surface area contributed by atoms with E-state index in [1.807, 2.05) is 19.1 Å². The predicted octanol–water partition coefficient (Wildman–Crippen LogP) is 3.68.